The molecule has 0 saturated heterocycles. The first-order valence-electron chi connectivity index (χ1n) is 3.35. The quantitative estimate of drug-likeness (QED) is 0.642. The van der Waals surface area contributed by atoms with E-state index in [9.17, 15) is 13.2 Å². The molecule has 0 aliphatic heterocycles. The van der Waals surface area contributed by atoms with Crippen molar-refractivity contribution in [3.63, 3.8) is 0 Å². The van der Waals surface area contributed by atoms with Crippen LogP contribution in [0.25, 0.3) is 0 Å². The monoisotopic (exact) mass is 196 g/mol. The molecule has 0 aliphatic rings. The molecular formula is C6H12O5S. The van der Waals surface area contributed by atoms with Crippen LogP contribution in [0.3, 0.4) is 0 Å². The Morgan fingerprint density at radius 1 is 1.58 bits per heavy atom. The molecule has 5 nitrogen and oxygen atoms in total. The first-order chi connectivity index (χ1) is 5.33. The van der Waals surface area contributed by atoms with Gasteiger partial charge in [-0.15, -0.1) is 0 Å². The lowest BCUT2D eigenvalue weighted by Crippen LogP contribution is -2.23. The Morgan fingerprint density at radius 2 is 2.08 bits per heavy atom. The summed E-state index contributed by atoms with van der Waals surface area (Å²) in [5.74, 6) is -1.24. The third kappa shape index (κ3) is 6.11. The van der Waals surface area contributed by atoms with Gasteiger partial charge in [0.25, 0.3) is 0 Å². The van der Waals surface area contributed by atoms with E-state index in [1.807, 2.05) is 0 Å². The van der Waals surface area contributed by atoms with Crippen molar-refractivity contribution < 1.29 is 23.1 Å². The Morgan fingerprint density at radius 3 is 2.42 bits per heavy atom. The largest absolute Gasteiger partial charge is 0.479 e. The van der Waals surface area contributed by atoms with Crippen LogP contribution in [-0.4, -0.2) is 44.2 Å². The second-order valence-electron chi connectivity index (χ2n) is 2.48. The van der Waals surface area contributed by atoms with E-state index in [0.717, 1.165) is 6.26 Å². The minimum atomic E-state index is -3.06. The summed E-state index contributed by atoms with van der Waals surface area (Å²) in [6.07, 6.45) is 0.119. The molecule has 0 fully saturated rings. The highest BCUT2D eigenvalue weighted by Gasteiger charge is 2.11. The summed E-state index contributed by atoms with van der Waals surface area (Å²) in [5, 5.41) is 8.34. The standard InChI is InChI=1S/C6H12O5S/c1-5(6(7)8)11-3-4-12(2,9)10/h5H,3-4H2,1-2H3,(H,7,8)/t5-/m1/s1. The molecule has 0 rings (SSSR count). The number of sulfone groups is 1. The average Bonchev–Trinajstić information content (AvgIpc) is 1.84. The number of rotatable bonds is 5. The van der Waals surface area contributed by atoms with Gasteiger partial charge < -0.3 is 9.84 Å². The van der Waals surface area contributed by atoms with Gasteiger partial charge in [0.05, 0.1) is 12.4 Å². The van der Waals surface area contributed by atoms with E-state index in [0.29, 0.717) is 0 Å². The van der Waals surface area contributed by atoms with E-state index in [1.54, 1.807) is 0 Å². The lowest BCUT2D eigenvalue weighted by atomic mass is 10.4. The highest BCUT2D eigenvalue weighted by atomic mass is 32.2. The van der Waals surface area contributed by atoms with Gasteiger partial charge in [0.15, 0.2) is 6.10 Å². The molecule has 0 amide bonds. The molecule has 0 aromatic carbocycles. The average molecular weight is 196 g/mol. The lowest BCUT2D eigenvalue weighted by molar-refractivity contribution is -0.148. The molecule has 1 atom stereocenters. The van der Waals surface area contributed by atoms with Crippen molar-refractivity contribution in [1.29, 1.82) is 0 Å². The van der Waals surface area contributed by atoms with Crippen LogP contribution in [0.1, 0.15) is 6.92 Å². The summed E-state index contributed by atoms with van der Waals surface area (Å²) in [6, 6.07) is 0. The molecular weight excluding hydrogens is 184 g/mol. The minimum absolute atomic E-state index is 0.0771. The molecule has 0 radical (unpaired) electrons. The maximum Gasteiger partial charge on any atom is 0.332 e. The second-order valence-corrected chi connectivity index (χ2v) is 4.74. The highest BCUT2D eigenvalue weighted by Crippen LogP contribution is 1.91. The van der Waals surface area contributed by atoms with Crippen LogP contribution < -0.4 is 0 Å². The van der Waals surface area contributed by atoms with Crippen molar-refractivity contribution in [1.82, 2.24) is 0 Å². The normalized spacial score (nSPS) is 14.2. The second kappa shape index (κ2) is 4.42. The van der Waals surface area contributed by atoms with Gasteiger partial charge in [-0.1, -0.05) is 0 Å². The molecule has 0 saturated carbocycles. The van der Waals surface area contributed by atoms with Gasteiger partial charge in [0.1, 0.15) is 9.84 Å². The van der Waals surface area contributed by atoms with Crippen LogP contribution in [0.4, 0.5) is 0 Å². The van der Waals surface area contributed by atoms with Gasteiger partial charge in [-0.2, -0.15) is 0 Å². The van der Waals surface area contributed by atoms with Crippen LogP contribution in [0.5, 0.6) is 0 Å². The zero-order valence-corrected chi connectivity index (χ0v) is 7.80. The topological polar surface area (TPSA) is 80.7 Å². The van der Waals surface area contributed by atoms with Crippen molar-refractivity contribution in [2.75, 3.05) is 18.6 Å². The summed E-state index contributed by atoms with van der Waals surface area (Å²) >= 11 is 0. The summed E-state index contributed by atoms with van der Waals surface area (Å²) in [7, 11) is -3.06. The molecule has 0 bridgehead atoms. The third-order valence-electron chi connectivity index (χ3n) is 1.17. The van der Waals surface area contributed by atoms with Crippen molar-refractivity contribution >= 4 is 15.8 Å². The zero-order valence-electron chi connectivity index (χ0n) is 6.98. The molecule has 12 heavy (non-hydrogen) atoms. The Hall–Kier alpha value is -0.620. The number of carboxylic acid groups (broad SMARTS) is 1. The Bertz CT molecular complexity index is 243. The number of carboxylic acids is 1. The smallest absolute Gasteiger partial charge is 0.332 e. The molecule has 0 aromatic heterocycles. The zero-order chi connectivity index (χ0) is 9.78. The van der Waals surface area contributed by atoms with Gasteiger partial charge in [-0.3, -0.25) is 0 Å². The van der Waals surface area contributed by atoms with Crippen molar-refractivity contribution in [2.24, 2.45) is 0 Å². The van der Waals surface area contributed by atoms with Crippen molar-refractivity contribution in [3.8, 4) is 0 Å². The van der Waals surface area contributed by atoms with Gasteiger partial charge in [0.2, 0.25) is 0 Å². The van der Waals surface area contributed by atoms with Crippen LogP contribution in [-0.2, 0) is 19.4 Å². The third-order valence-corrected chi connectivity index (χ3v) is 2.08. The van der Waals surface area contributed by atoms with E-state index in [-0.39, 0.29) is 12.4 Å². The van der Waals surface area contributed by atoms with Crippen LogP contribution in [0, 0.1) is 0 Å². The number of hydrogen-bond donors (Lipinski definition) is 1. The van der Waals surface area contributed by atoms with Gasteiger partial charge in [-0.05, 0) is 6.92 Å². The fourth-order valence-electron chi connectivity index (χ4n) is 0.448. The molecule has 0 aromatic rings. The first kappa shape index (κ1) is 11.4. The van der Waals surface area contributed by atoms with Gasteiger partial charge in [-0.25, -0.2) is 13.2 Å². The van der Waals surface area contributed by atoms with E-state index in [1.165, 1.54) is 6.92 Å². The first-order valence-corrected chi connectivity index (χ1v) is 5.41. The van der Waals surface area contributed by atoms with Crippen LogP contribution in [0.15, 0.2) is 0 Å². The number of carbonyl (C=O) groups is 1. The Labute approximate surface area is 71.3 Å². The maximum absolute atomic E-state index is 10.6. The van der Waals surface area contributed by atoms with Gasteiger partial charge >= 0.3 is 5.97 Å². The number of aliphatic carboxylic acids is 1. The molecule has 1 N–H and O–H groups in total. The predicted octanol–water partition coefficient (Wildman–Crippen LogP) is -0.479. The van der Waals surface area contributed by atoms with E-state index < -0.39 is 21.9 Å². The van der Waals surface area contributed by atoms with E-state index >= 15 is 0 Å². The molecule has 0 spiro atoms. The summed E-state index contributed by atoms with van der Waals surface area (Å²) in [4.78, 5) is 10.2. The summed E-state index contributed by atoms with van der Waals surface area (Å²) in [6.45, 7) is 1.27. The number of hydrogen-bond acceptors (Lipinski definition) is 4. The highest BCUT2D eigenvalue weighted by molar-refractivity contribution is 7.90. The van der Waals surface area contributed by atoms with Crippen molar-refractivity contribution in [2.45, 2.75) is 13.0 Å². The molecule has 0 heterocycles. The van der Waals surface area contributed by atoms with Crippen LogP contribution in [0.2, 0.25) is 0 Å². The Kier molecular flexibility index (Phi) is 4.19. The molecule has 72 valence electrons. The fourth-order valence-corrected chi connectivity index (χ4v) is 0.847. The molecule has 0 unspecified atom stereocenters. The van der Waals surface area contributed by atoms with Crippen LogP contribution >= 0.6 is 0 Å². The fraction of sp³-hybridized carbons (Fsp3) is 0.833. The minimum Gasteiger partial charge on any atom is -0.479 e. The SMILES string of the molecule is C[C@@H](OCCS(C)(=O)=O)C(=O)O. The maximum atomic E-state index is 10.6. The predicted molar refractivity (Wildman–Crippen MR) is 42.8 cm³/mol. The van der Waals surface area contributed by atoms with E-state index in [4.69, 9.17) is 9.84 Å². The summed E-state index contributed by atoms with van der Waals surface area (Å²) in [5.41, 5.74) is 0. The molecule has 0 aliphatic carbocycles. The summed E-state index contributed by atoms with van der Waals surface area (Å²) < 4.78 is 25.8. The van der Waals surface area contributed by atoms with Gasteiger partial charge in [0, 0.05) is 6.26 Å². The molecule has 6 heteroatoms. The lowest BCUT2D eigenvalue weighted by Gasteiger charge is -2.06. The van der Waals surface area contributed by atoms with E-state index in [2.05, 4.69) is 0 Å². The Balaban J connectivity index is 3.65. The number of ether oxygens (including phenoxy) is 1. The van der Waals surface area contributed by atoms with Crippen molar-refractivity contribution in [3.05, 3.63) is 0 Å².